The zero-order valence-electron chi connectivity index (χ0n) is 31.5. The van der Waals surface area contributed by atoms with Crippen molar-refractivity contribution >= 4 is 22.6 Å². The molecule has 0 radical (unpaired) electrons. The van der Waals surface area contributed by atoms with Crippen LogP contribution in [0.3, 0.4) is 0 Å². The number of hydrogen-bond donors (Lipinski definition) is 0. The fraction of sp³-hybridized carbons (Fsp3) is 0.0545. The summed E-state index contributed by atoms with van der Waals surface area (Å²) in [6, 6.07) is 72.5. The third kappa shape index (κ3) is 5.33. The van der Waals surface area contributed by atoms with Crippen LogP contribution in [0.25, 0.3) is 39.0 Å². The number of ether oxygens (including phenoxy) is 1. The molecule has 8 aromatic carbocycles. The van der Waals surface area contributed by atoms with Crippen molar-refractivity contribution in [1.29, 1.82) is 0 Å². The molecular weight excluding hydrogens is 691 g/mol. The van der Waals surface area contributed by atoms with Crippen molar-refractivity contribution in [3.05, 3.63) is 240 Å². The Morgan fingerprint density at radius 3 is 1.74 bits per heavy atom. The van der Waals surface area contributed by atoms with Crippen molar-refractivity contribution in [2.75, 3.05) is 4.90 Å². The molecule has 1 atom stereocenters. The molecule has 1 unspecified atom stereocenters. The van der Waals surface area contributed by atoms with E-state index in [0.29, 0.717) is 0 Å². The van der Waals surface area contributed by atoms with Crippen LogP contribution in [0.15, 0.2) is 218 Å². The summed E-state index contributed by atoms with van der Waals surface area (Å²) < 4.78 is 6.82. The summed E-state index contributed by atoms with van der Waals surface area (Å²) in [5.41, 5.74) is 17.5. The molecule has 1 spiro atoms. The third-order valence-electron chi connectivity index (χ3n) is 12.0. The molecular formula is C55H39NO. The molecule has 3 aliphatic rings. The Kier molecular flexibility index (Phi) is 7.89. The fourth-order valence-corrected chi connectivity index (χ4v) is 9.47. The van der Waals surface area contributed by atoms with Crippen LogP contribution in [0.1, 0.15) is 35.1 Å². The summed E-state index contributed by atoms with van der Waals surface area (Å²) in [5.74, 6) is 1.81. The highest BCUT2D eigenvalue weighted by atomic mass is 16.5. The Hall–Kier alpha value is -7.16. The lowest BCUT2D eigenvalue weighted by molar-refractivity contribution is 0.436. The topological polar surface area (TPSA) is 12.5 Å². The summed E-state index contributed by atoms with van der Waals surface area (Å²) in [4.78, 5) is 2.45. The minimum atomic E-state index is -0.575. The van der Waals surface area contributed by atoms with Crippen molar-refractivity contribution in [2.24, 2.45) is 0 Å². The van der Waals surface area contributed by atoms with Gasteiger partial charge in [-0.05, 0) is 111 Å². The lowest BCUT2D eigenvalue weighted by Crippen LogP contribution is -2.32. The average molecular weight is 730 g/mol. The first kappa shape index (κ1) is 33.2. The fourth-order valence-electron chi connectivity index (χ4n) is 9.47. The van der Waals surface area contributed by atoms with Crippen molar-refractivity contribution < 1.29 is 4.74 Å². The molecule has 0 amide bonds. The van der Waals surface area contributed by atoms with Crippen LogP contribution >= 0.6 is 0 Å². The molecule has 57 heavy (non-hydrogen) atoms. The molecule has 0 saturated heterocycles. The van der Waals surface area contributed by atoms with Gasteiger partial charge in [-0.3, -0.25) is 0 Å². The third-order valence-corrected chi connectivity index (χ3v) is 12.0. The number of para-hydroxylation sites is 2. The number of fused-ring (bicyclic) bond motifs is 9. The summed E-state index contributed by atoms with van der Waals surface area (Å²) in [5, 5.41) is 0. The molecule has 2 heteroatoms. The molecule has 0 aromatic heterocycles. The molecule has 11 rings (SSSR count). The predicted molar refractivity (Wildman–Crippen MR) is 236 cm³/mol. The standard InChI is InChI=1S/C55H39NO/c1-4-16-38(17-5-1)40-28-31-43(32-29-40)56(52-26-14-11-22-45(52)41-20-8-3-9-21-41)44-33-34-47-46-23-10-12-24-48(46)55(50(47)37-44)49-25-13-15-27-53(49)57-54-35-30-42(36-51(54)55)39-18-6-2-7-19-39/h1-9,11,13-37H,10,12H2. The number of hydrogen-bond acceptors (Lipinski definition) is 2. The van der Waals surface area contributed by atoms with Crippen molar-refractivity contribution in [1.82, 2.24) is 0 Å². The number of nitrogens with zero attached hydrogens (tertiary/aromatic N) is 1. The highest BCUT2D eigenvalue weighted by Gasteiger charge is 2.53. The zero-order chi connectivity index (χ0) is 37.8. The predicted octanol–water partition coefficient (Wildman–Crippen LogP) is 14.7. The van der Waals surface area contributed by atoms with E-state index in [9.17, 15) is 0 Å². The molecule has 1 aliphatic heterocycles. The SMILES string of the molecule is C1=C2C(=CCC1)C1(c3ccccc3Oc3ccc(-c4ccccc4)cc31)c1cc(N(c3ccc(-c4ccccc4)cc3)c3ccccc3-c3ccccc3)ccc12. The maximum Gasteiger partial charge on any atom is 0.132 e. The lowest BCUT2D eigenvalue weighted by atomic mass is 9.65. The van der Waals surface area contributed by atoms with Gasteiger partial charge in [0.15, 0.2) is 0 Å². The van der Waals surface area contributed by atoms with Crippen LogP contribution in [-0.2, 0) is 5.41 Å². The first-order valence-electron chi connectivity index (χ1n) is 19.9. The smallest absolute Gasteiger partial charge is 0.132 e. The number of benzene rings is 8. The average Bonchev–Trinajstić information content (AvgIpc) is 3.58. The largest absolute Gasteiger partial charge is 0.457 e. The van der Waals surface area contributed by atoms with Gasteiger partial charge in [0.25, 0.3) is 0 Å². The maximum atomic E-state index is 6.82. The molecule has 2 aliphatic carbocycles. The van der Waals surface area contributed by atoms with Gasteiger partial charge in [-0.15, -0.1) is 0 Å². The van der Waals surface area contributed by atoms with E-state index in [2.05, 4.69) is 217 Å². The van der Waals surface area contributed by atoms with E-state index in [0.717, 1.165) is 41.4 Å². The molecule has 0 N–H and O–H groups in total. The van der Waals surface area contributed by atoms with Crippen LogP contribution in [0.4, 0.5) is 17.1 Å². The van der Waals surface area contributed by atoms with Gasteiger partial charge >= 0.3 is 0 Å². The minimum Gasteiger partial charge on any atom is -0.457 e. The molecule has 2 nitrogen and oxygen atoms in total. The van der Waals surface area contributed by atoms with Gasteiger partial charge in [0.2, 0.25) is 0 Å². The highest BCUT2D eigenvalue weighted by Crippen LogP contribution is 2.64. The van der Waals surface area contributed by atoms with Crippen molar-refractivity contribution in [3.8, 4) is 44.9 Å². The second kappa shape index (κ2) is 13.5. The number of anilines is 3. The first-order chi connectivity index (χ1) is 28.3. The second-order valence-corrected chi connectivity index (χ2v) is 15.1. The summed E-state index contributed by atoms with van der Waals surface area (Å²) in [6.45, 7) is 0. The zero-order valence-corrected chi connectivity index (χ0v) is 31.5. The molecule has 1 heterocycles. The molecule has 0 saturated carbocycles. The normalized spacial score (nSPS) is 16.0. The van der Waals surface area contributed by atoms with E-state index >= 15 is 0 Å². The summed E-state index contributed by atoms with van der Waals surface area (Å²) >= 11 is 0. The highest BCUT2D eigenvalue weighted by molar-refractivity contribution is 5.98. The second-order valence-electron chi connectivity index (χ2n) is 15.1. The van der Waals surface area contributed by atoms with Gasteiger partial charge in [-0.2, -0.15) is 0 Å². The van der Waals surface area contributed by atoms with E-state index in [1.54, 1.807) is 0 Å². The molecule has 270 valence electrons. The summed E-state index contributed by atoms with van der Waals surface area (Å²) in [6.07, 6.45) is 6.99. The molecule has 8 aromatic rings. The van der Waals surface area contributed by atoms with Crippen LogP contribution < -0.4 is 9.64 Å². The van der Waals surface area contributed by atoms with Gasteiger partial charge in [-0.1, -0.05) is 164 Å². The van der Waals surface area contributed by atoms with Gasteiger partial charge < -0.3 is 9.64 Å². The van der Waals surface area contributed by atoms with Crippen molar-refractivity contribution in [3.63, 3.8) is 0 Å². The van der Waals surface area contributed by atoms with Crippen LogP contribution in [0.2, 0.25) is 0 Å². The van der Waals surface area contributed by atoms with Crippen LogP contribution in [0, 0.1) is 0 Å². The van der Waals surface area contributed by atoms with Gasteiger partial charge in [0.1, 0.15) is 11.5 Å². The molecule has 0 fully saturated rings. The van der Waals surface area contributed by atoms with Gasteiger partial charge in [0, 0.05) is 28.1 Å². The van der Waals surface area contributed by atoms with Crippen LogP contribution in [-0.4, -0.2) is 0 Å². The minimum absolute atomic E-state index is 0.575. The van der Waals surface area contributed by atoms with E-state index in [-0.39, 0.29) is 0 Å². The monoisotopic (exact) mass is 729 g/mol. The lowest BCUT2D eigenvalue weighted by Gasteiger charge is -2.40. The van der Waals surface area contributed by atoms with Gasteiger partial charge in [0.05, 0.1) is 11.1 Å². The quantitative estimate of drug-likeness (QED) is 0.169. The summed E-state index contributed by atoms with van der Waals surface area (Å²) in [7, 11) is 0. The van der Waals surface area contributed by atoms with E-state index in [4.69, 9.17) is 4.74 Å². The Morgan fingerprint density at radius 2 is 0.965 bits per heavy atom. The Morgan fingerprint density at radius 1 is 0.386 bits per heavy atom. The maximum absolute atomic E-state index is 6.82. The van der Waals surface area contributed by atoms with E-state index in [1.807, 2.05) is 0 Å². The van der Waals surface area contributed by atoms with E-state index < -0.39 is 5.41 Å². The molecule has 0 bridgehead atoms. The van der Waals surface area contributed by atoms with Gasteiger partial charge in [-0.25, -0.2) is 0 Å². The Balaban J connectivity index is 1.18. The van der Waals surface area contributed by atoms with E-state index in [1.165, 1.54) is 66.8 Å². The number of rotatable bonds is 6. The number of allylic oxidation sites excluding steroid dienone is 4. The van der Waals surface area contributed by atoms with Crippen LogP contribution in [0.5, 0.6) is 11.5 Å². The Bertz CT molecular complexity index is 2850. The first-order valence-corrected chi connectivity index (χ1v) is 19.9. The van der Waals surface area contributed by atoms with Crippen molar-refractivity contribution in [2.45, 2.75) is 18.3 Å². The Labute approximate surface area is 334 Å².